The molecule has 1 fully saturated rings. The summed E-state index contributed by atoms with van der Waals surface area (Å²) in [6.45, 7) is 1.33. The molecule has 0 aliphatic heterocycles. The SMILES string of the molecule is O=C(NCCNC1CCCCCC1)c1ccncc1O. The number of nitrogens with one attached hydrogen (secondary N) is 2. The van der Waals surface area contributed by atoms with Gasteiger partial charge in [-0.15, -0.1) is 0 Å². The van der Waals surface area contributed by atoms with Crippen LogP contribution in [0.15, 0.2) is 18.5 Å². The minimum atomic E-state index is -0.257. The van der Waals surface area contributed by atoms with E-state index in [1.165, 1.54) is 57.0 Å². The maximum Gasteiger partial charge on any atom is 0.255 e. The Hall–Kier alpha value is -1.62. The van der Waals surface area contributed by atoms with E-state index >= 15 is 0 Å². The van der Waals surface area contributed by atoms with E-state index in [4.69, 9.17) is 0 Å². The Bertz CT molecular complexity index is 429. The van der Waals surface area contributed by atoms with Crippen molar-refractivity contribution in [2.45, 2.75) is 44.6 Å². The van der Waals surface area contributed by atoms with Gasteiger partial charge in [-0.25, -0.2) is 0 Å². The molecule has 1 aliphatic rings. The third-order valence-corrected chi connectivity index (χ3v) is 3.74. The van der Waals surface area contributed by atoms with Crippen molar-refractivity contribution in [3.63, 3.8) is 0 Å². The van der Waals surface area contributed by atoms with Crippen LogP contribution in [0.4, 0.5) is 0 Å². The number of pyridine rings is 1. The molecule has 1 amide bonds. The molecule has 0 atom stereocenters. The highest BCUT2D eigenvalue weighted by molar-refractivity contribution is 5.96. The van der Waals surface area contributed by atoms with Crippen LogP contribution < -0.4 is 10.6 Å². The van der Waals surface area contributed by atoms with Gasteiger partial charge in [-0.1, -0.05) is 25.7 Å². The van der Waals surface area contributed by atoms with Crippen molar-refractivity contribution in [1.29, 1.82) is 0 Å². The van der Waals surface area contributed by atoms with Crippen molar-refractivity contribution in [3.05, 3.63) is 24.0 Å². The normalized spacial score (nSPS) is 16.6. The summed E-state index contributed by atoms with van der Waals surface area (Å²) in [6, 6.07) is 2.10. The second-order valence-corrected chi connectivity index (χ2v) is 5.29. The molecule has 1 aromatic rings. The predicted octanol–water partition coefficient (Wildman–Crippen LogP) is 1.83. The number of carbonyl (C=O) groups is 1. The van der Waals surface area contributed by atoms with Gasteiger partial charge in [-0.3, -0.25) is 9.78 Å². The molecule has 2 rings (SSSR count). The lowest BCUT2D eigenvalue weighted by Gasteiger charge is -2.16. The van der Waals surface area contributed by atoms with E-state index < -0.39 is 0 Å². The second-order valence-electron chi connectivity index (χ2n) is 5.29. The van der Waals surface area contributed by atoms with Crippen molar-refractivity contribution >= 4 is 5.91 Å². The van der Waals surface area contributed by atoms with Crippen LogP contribution in [0.2, 0.25) is 0 Å². The van der Waals surface area contributed by atoms with Gasteiger partial charge in [0.25, 0.3) is 5.91 Å². The van der Waals surface area contributed by atoms with E-state index in [9.17, 15) is 9.90 Å². The molecule has 110 valence electrons. The largest absolute Gasteiger partial charge is 0.505 e. The lowest BCUT2D eigenvalue weighted by molar-refractivity contribution is 0.0950. The van der Waals surface area contributed by atoms with E-state index in [2.05, 4.69) is 15.6 Å². The Morgan fingerprint density at radius 1 is 1.25 bits per heavy atom. The van der Waals surface area contributed by atoms with Crippen molar-refractivity contribution in [3.8, 4) is 5.75 Å². The number of aromatic nitrogens is 1. The van der Waals surface area contributed by atoms with Gasteiger partial charge in [0.05, 0.1) is 11.8 Å². The van der Waals surface area contributed by atoms with Crippen LogP contribution in [0, 0.1) is 0 Å². The molecule has 0 unspecified atom stereocenters. The number of hydrogen-bond donors (Lipinski definition) is 3. The summed E-state index contributed by atoms with van der Waals surface area (Å²) >= 11 is 0. The smallest absolute Gasteiger partial charge is 0.255 e. The molecule has 3 N–H and O–H groups in total. The van der Waals surface area contributed by atoms with Crippen LogP contribution in [0.5, 0.6) is 5.75 Å². The lowest BCUT2D eigenvalue weighted by Crippen LogP contribution is -2.36. The highest BCUT2D eigenvalue weighted by Gasteiger charge is 2.12. The topological polar surface area (TPSA) is 74.2 Å². The molecule has 1 saturated carbocycles. The molecule has 1 aromatic heterocycles. The fourth-order valence-electron chi connectivity index (χ4n) is 2.61. The summed E-state index contributed by atoms with van der Waals surface area (Å²) in [5.41, 5.74) is 0.273. The highest BCUT2D eigenvalue weighted by atomic mass is 16.3. The van der Waals surface area contributed by atoms with Gasteiger partial charge in [0.15, 0.2) is 0 Å². The first-order valence-electron chi connectivity index (χ1n) is 7.42. The molecule has 0 radical (unpaired) electrons. The van der Waals surface area contributed by atoms with Crippen LogP contribution in [-0.2, 0) is 0 Å². The lowest BCUT2D eigenvalue weighted by atomic mass is 10.1. The number of nitrogens with zero attached hydrogens (tertiary/aromatic N) is 1. The molecule has 0 aromatic carbocycles. The third-order valence-electron chi connectivity index (χ3n) is 3.74. The van der Waals surface area contributed by atoms with E-state index in [0.717, 1.165) is 6.54 Å². The second kappa shape index (κ2) is 7.85. The van der Waals surface area contributed by atoms with Crippen molar-refractivity contribution in [2.75, 3.05) is 13.1 Å². The first kappa shape index (κ1) is 14.8. The molecule has 5 heteroatoms. The number of amides is 1. The zero-order valence-electron chi connectivity index (χ0n) is 11.8. The van der Waals surface area contributed by atoms with E-state index in [1.807, 2.05) is 0 Å². The molecule has 1 heterocycles. The van der Waals surface area contributed by atoms with Gasteiger partial charge >= 0.3 is 0 Å². The van der Waals surface area contributed by atoms with Crippen molar-refractivity contribution in [1.82, 2.24) is 15.6 Å². The maximum atomic E-state index is 11.8. The van der Waals surface area contributed by atoms with Crippen LogP contribution in [0.1, 0.15) is 48.9 Å². The van der Waals surface area contributed by atoms with E-state index in [-0.39, 0.29) is 17.2 Å². The third kappa shape index (κ3) is 4.49. The molecule has 20 heavy (non-hydrogen) atoms. The van der Waals surface area contributed by atoms with Gasteiger partial charge in [0, 0.05) is 25.3 Å². The van der Waals surface area contributed by atoms with Crippen molar-refractivity contribution < 1.29 is 9.90 Å². The monoisotopic (exact) mass is 277 g/mol. The summed E-state index contributed by atoms with van der Waals surface area (Å²) in [7, 11) is 0. The van der Waals surface area contributed by atoms with Crippen LogP contribution >= 0.6 is 0 Å². The van der Waals surface area contributed by atoms with Crippen LogP contribution in [0.3, 0.4) is 0 Å². The standard InChI is InChI=1S/C15H23N3O2/c19-14-11-16-8-7-13(14)15(20)18-10-9-17-12-5-3-1-2-4-6-12/h7-8,11-12,17,19H,1-6,9-10H2,(H,18,20). The van der Waals surface area contributed by atoms with E-state index in [0.29, 0.717) is 12.6 Å². The Morgan fingerprint density at radius 3 is 2.70 bits per heavy atom. The molecular weight excluding hydrogens is 254 g/mol. The first-order chi connectivity index (χ1) is 9.77. The number of hydrogen-bond acceptors (Lipinski definition) is 4. The Labute approximate surface area is 119 Å². The summed E-state index contributed by atoms with van der Waals surface area (Å²) < 4.78 is 0. The number of aromatic hydroxyl groups is 1. The maximum absolute atomic E-state index is 11.8. The Morgan fingerprint density at radius 2 is 2.00 bits per heavy atom. The molecule has 0 bridgehead atoms. The summed E-state index contributed by atoms with van der Waals surface area (Å²) in [5.74, 6) is -0.339. The minimum Gasteiger partial charge on any atom is -0.505 e. The van der Waals surface area contributed by atoms with Crippen LogP contribution in [0.25, 0.3) is 0 Å². The predicted molar refractivity (Wildman–Crippen MR) is 77.7 cm³/mol. The van der Waals surface area contributed by atoms with Gasteiger partial charge < -0.3 is 15.7 Å². The number of carbonyl (C=O) groups excluding carboxylic acids is 1. The van der Waals surface area contributed by atoms with E-state index in [1.54, 1.807) is 0 Å². The fourth-order valence-corrected chi connectivity index (χ4v) is 2.61. The molecule has 1 aliphatic carbocycles. The van der Waals surface area contributed by atoms with Gasteiger partial charge in [0.2, 0.25) is 0 Å². The van der Waals surface area contributed by atoms with Gasteiger partial charge in [0.1, 0.15) is 5.75 Å². The van der Waals surface area contributed by atoms with Gasteiger partial charge in [-0.05, 0) is 18.9 Å². The molecule has 0 saturated heterocycles. The average molecular weight is 277 g/mol. The van der Waals surface area contributed by atoms with Crippen LogP contribution in [-0.4, -0.2) is 35.1 Å². The highest BCUT2D eigenvalue weighted by Crippen LogP contribution is 2.17. The molecule has 5 nitrogen and oxygen atoms in total. The summed E-state index contributed by atoms with van der Waals surface area (Å²) in [4.78, 5) is 15.6. The quantitative estimate of drug-likeness (QED) is 0.567. The van der Waals surface area contributed by atoms with Crippen molar-refractivity contribution in [2.24, 2.45) is 0 Å². The Balaban J connectivity index is 1.68. The zero-order chi connectivity index (χ0) is 14.2. The first-order valence-corrected chi connectivity index (χ1v) is 7.42. The fraction of sp³-hybridized carbons (Fsp3) is 0.600. The zero-order valence-corrected chi connectivity index (χ0v) is 11.8. The molecular formula is C15H23N3O2. The minimum absolute atomic E-state index is 0.0817. The summed E-state index contributed by atoms with van der Waals surface area (Å²) in [6.07, 6.45) is 10.5. The van der Waals surface area contributed by atoms with Gasteiger partial charge in [-0.2, -0.15) is 0 Å². The average Bonchev–Trinajstić information content (AvgIpc) is 2.72. The summed E-state index contributed by atoms with van der Waals surface area (Å²) in [5, 5.41) is 15.8. The molecule has 0 spiro atoms. The number of rotatable bonds is 5. The Kier molecular flexibility index (Phi) is 5.80.